The highest BCUT2D eigenvalue weighted by Crippen LogP contribution is 2.34. The Labute approximate surface area is 144 Å². The fraction of sp³-hybridized carbons (Fsp3) is 0.737. The Morgan fingerprint density at radius 2 is 2.04 bits per heavy atom. The molecule has 3 fully saturated rings. The van der Waals surface area contributed by atoms with Crippen LogP contribution >= 0.6 is 0 Å². The molecule has 1 aliphatic carbocycles. The van der Waals surface area contributed by atoms with Crippen molar-refractivity contribution in [2.45, 2.75) is 56.7 Å². The Morgan fingerprint density at radius 3 is 2.79 bits per heavy atom. The number of nitrogens with zero attached hydrogens (tertiary/aromatic N) is 1. The van der Waals surface area contributed by atoms with Gasteiger partial charge in [-0.05, 0) is 50.0 Å². The van der Waals surface area contributed by atoms with Gasteiger partial charge >= 0.3 is 0 Å². The fourth-order valence-electron chi connectivity index (χ4n) is 3.64. The summed E-state index contributed by atoms with van der Waals surface area (Å²) in [5, 5.41) is 3.69. The van der Waals surface area contributed by atoms with Crippen molar-refractivity contribution in [3.05, 3.63) is 23.9 Å². The molecule has 0 amide bonds. The first kappa shape index (κ1) is 16.3. The summed E-state index contributed by atoms with van der Waals surface area (Å²) in [5.41, 5.74) is 1.26. The average molecular weight is 332 g/mol. The van der Waals surface area contributed by atoms with Crippen LogP contribution in [0.1, 0.15) is 44.1 Å². The van der Waals surface area contributed by atoms with E-state index in [1.165, 1.54) is 18.4 Å². The maximum Gasteiger partial charge on any atom is 0.213 e. The van der Waals surface area contributed by atoms with Crippen molar-refractivity contribution in [2.24, 2.45) is 5.92 Å². The monoisotopic (exact) mass is 332 g/mol. The molecule has 1 spiro atoms. The molecule has 1 unspecified atom stereocenters. The van der Waals surface area contributed by atoms with Gasteiger partial charge in [0.2, 0.25) is 5.88 Å². The minimum Gasteiger partial charge on any atom is -0.477 e. The number of nitrogens with one attached hydrogen (secondary N) is 1. The molecule has 2 saturated heterocycles. The molecule has 5 nitrogen and oxygen atoms in total. The summed E-state index contributed by atoms with van der Waals surface area (Å²) in [6.45, 7) is 4.19. The second-order valence-electron chi connectivity index (χ2n) is 7.47. The molecule has 3 aliphatic rings. The van der Waals surface area contributed by atoms with Crippen molar-refractivity contribution < 1.29 is 14.2 Å². The van der Waals surface area contributed by atoms with E-state index in [-0.39, 0.29) is 5.60 Å². The number of hydrogen-bond donors (Lipinski definition) is 1. The smallest absolute Gasteiger partial charge is 0.213 e. The van der Waals surface area contributed by atoms with E-state index in [0.717, 1.165) is 70.5 Å². The lowest BCUT2D eigenvalue weighted by atomic mass is 9.84. The molecule has 4 rings (SSSR count). The number of pyridine rings is 1. The van der Waals surface area contributed by atoms with Gasteiger partial charge in [-0.2, -0.15) is 0 Å². The topological polar surface area (TPSA) is 52.6 Å². The molecule has 132 valence electrons. The van der Waals surface area contributed by atoms with E-state index >= 15 is 0 Å². The zero-order chi connectivity index (χ0) is 16.2. The summed E-state index contributed by atoms with van der Waals surface area (Å²) in [7, 11) is 0. The van der Waals surface area contributed by atoms with Crippen LogP contribution in [0.3, 0.4) is 0 Å². The minimum atomic E-state index is 0.0485. The van der Waals surface area contributed by atoms with E-state index in [1.807, 2.05) is 12.3 Å². The molecule has 1 aromatic heterocycles. The third-order valence-electron chi connectivity index (χ3n) is 5.45. The van der Waals surface area contributed by atoms with Gasteiger partial charge in [0.05, 0.1) is 12.2 Å². The molecule has 0 aromatic carbocycles. The number of hydrogen-bond acceptors (Lipinski definition) is 5. The van der Waals surface area contributed by atoms with Crippen molar-refractivity contribution in [3.8, 4) is 5.88 Å². The molecule has 0 bridgehead atoms. The van der Waals surface area contributed by atoms with E-state index in [9.17, 15) is 0 Å². The van der Waals surface area contributed by atoms with Gasteiger partial charge in [0.25, 0.3) is 0 Å². The first-order chi connectivity index (χ1) is 11.8. The van der Waals surface area contributed by atoms with Gasteiger partial charge in [0.15, 0.2) is 0 Å². The first-order valence-electron chi connectivity index (χ1n) is 9.34. The highest BCUT2D eigenvalue weighted by Gasteiger charge is 2.38. The molecule has 1 saturated carbocycles. The quantitative estimate of drug-likeness (QED) is 0.868. The molecular weight excluding hydrogens is 304 g/mol. The minimum absolute atomic E-state index is 0.0485. The van der Waals surface area contributed by atoms with Gasteiger partial charge in [-0.1, -0.05) is 6.07 Å². The van der Waals surface area contributed by atoms with Crippen LogP contribution < -0.4 is 10.1 Å². The van der Waals surface area contributed by atoms with Gasteiger partial charge in [-0.3, -0.25) is 0 Å². The van der Waals surface area contributed by atoms with Crippen LogP contribution in [-0.2, 0) is 16.0 Å². The summed E-state index contributed by atoms with van der Waals surface area (Å²) in [5.74, 6) is 1.51. The molecule has 1 atom stereocenters. The summed E-state index contributed by atoms with van der Waals surface area (Å²) < 4.78 is 17.3. The fourth-order valence-corrected chi connectivity index (χ4v) is 3.64. The third-order valence-corrected chi connectivity index (χ3v) is 5.45. The lowest BCUT2D eigenvalue weighted by Gasteiger charge is -2.43. The van der Waals surface area contributed by atoms with Gasteiger partial charge < -0.3 is 19.5 Å². The second-order valence-corrected chi connectivity index (χ2v) is 7.47. The van der Waals surface area contributed by atoms with Gasteiger partial charge in [-0.25, -0.2) is 4.98 Å². The van der Waals surface area contributed by atoms with Crippen LogP contribution in [0.2, 0.25) is 0 Å². The molecule has 1 aromatic rings. The number of ether oxygens (including phenoxy) is 3. The average Bonchev–Trinajstić information content (AvgIpc) is 3.44. The number of aromatic nitrogens is 1. The highest BCUT2D eigenvalue weighted by atomic mass is 16.5. The zero-order valence-electron chi connectivity index (χ0n) is 14.3. The van der Waals surface area contributed by atoms with E-state index < -0.39 is 0 Å². The van der Waals surface area contributed by atoms with Gasteiger partial charge in [0, 0.05) is 44.7 Å². The Kier molecular flexibility index (Phi) is 5.01. The predicted molar refractivity (Wildman–Crippen MR) is 91.1 cm³/mol. The molecule has 0 radical (unpaired) electrons. The van der Waals surface area contributed by atoms with E-state index in [0.29, 0.717) is 6.04 Å². The molecule has 2 aliphatic heterocycles. The summed E-state index contributed by atoms with van der Waals surface area (Å²) in [4.78, 5) is 4.42. The van der Waals surface area contributed by atoms with Crippen LogP contribution in [0.15, 0.2) is 18.3 Å². The molecule has 24 heavy (non-hydrogen) atoms. The van der Waals surface area contributed by atoms with Crippen LogP contribution in [0.25, 0.3) is 0 Å². The first-order valence-corrected chi connectivity index (χ1v) is 9.34. The SMILES string of the molecule is c1cc(OCC2CC2)ncc1CNC1CCOC2(CCOCC2)C1. The van der Waals surface area contributed by atoms with E-state index in [1.54, 1.807) is 0 Å². The van der Waals surface area contributed by atoms with E-state index in [4.69, 9.17) is 14.2 Å². The number of rotatable bonds is 6. The van der Waals surface area contributed by atoms with Crippen LogP contribution in [0, 0.1) is 5.92 Å². The maximum absolute atomic E-state index is 6.11. The largest absolute Gasteiger partial charge is 0.477 e. The van der Waals surface area contributed by atoms with Crippen LogP contribution in [0.4, 0.5) is 0 Å². The molecule has 1 N–H and O–H groups in total. The van der Waals surface area contributed by atoms with Gasteiger partial charge in [-0.15, -0.1) is 0 Å². The summed E-state index contributed by atoms with van der Waals surface area (Å²) >= 11 is 0. The maximum atomic E-state index is 6.11. The molecule has 5 heteroatoms. The van der Waals surface area contributed by atoms with Crippen LogP contribution in [-0.4, -0.2) is 43.1 Å². The standard InChI is InChI=1S/C19H28N2O3/c1-2-15(1)14-23-18-4-3-16(13-21-18)12-20-17-5-8-24-19(11-17)6-9-22-10-7-19/h3-4,13,15,17,20H,1-2,5-12,14H2. The van der Waals surface area contributed by atoms with Crippen molar-refractivity contribution in [3.63, 3.8) is 0 Å². The van der Waals surface area contributed by atoms with Crippen molar-refractivity contribution in [1.82, 2.24) is 10.3 Å². The lowest BCUT2D eigenvalue weighted by molar-refractivity contribution is -0.140. The summed E-state index contributed by atoms with van der Waals surface area (Å²) in [6, 6.07) is 4.62. The van der Waals surface area contributed by atoms with Crippen molar-refractivity contribution >= 4 is 0 Å². The summed E-state index contributed by atoms with van der Waals surface area (Å²) in [6.07, 6.45) is 8.77. The van der Waals surface area contributed by atoms with Gasteiger partial charge in [0.1, 0.15) is 0 Å². The van der Waals surface area contributed by atoms with Crippen molar-refractivity contribution in [2.75, 3.05) is 26.4 Å². The zero-order valence-corrected chi connectivity index (χ0v) is 14.3. The third kappa shape index (κ3) is 4.26. The highest BCUT2D eigenvalue weighted by molar-refractivity contribution is 5.18. The second kappa shape index (κ2) is 7.38. The Balaban J connectivity index is 1.25. The van der Waals surface area contributed by atoms with E-state index in [2.05, 4.69) is 16.4 Å². The van der Waals surface area contributed by atoms with Crippen molar-refractivity contribution in [1.29, 1.82) is 0 Å². The Bertz CT molecular complexity index is 518. The lowest BCUT2D eigenvalue weighted by Crippen LogP contribution is -2.49. The Hall–Kier alpha value is -1.17. The van der Waals surface area contributed by atoms with Crippen LogP contribution in [0.5, 0.6) is 5.88 Å². The predicted octanol–water partition coefficient (Wildman–Crippen LogP) is 2.69. The molecular formula is C19H28N2O3. The normalized spacial score (nSPS) is 26.4. The Morgan fingerprint density at radius 1 is 1.17 bits per heavy atom. The molecule has 3 heterocycles.